The summed E-state index contributed by atoms with van der Waals surface area (Å²) >= 11 is 0. The molecule has 1 aromatic carbocycles. The fourth-order valence-corrected chi connectivity index (χ4v) is 2.84. The summed E-state index contributed by atoms with van der Waals surface area (Å²) in [6.07, 6.45) is 1.59. The quantitative estimate of drug-likeness (QED) is 0.846. The SMILES string of the molecule is COC(=O)c1cccc(NC2CCN(C(=O)c3noc(C)n3)CC2)c1. The Morgan fingerprint density at radius 1 is 1.32 bits per heavy atom. The topological polar surface area (TPSA) is 97.6 Å². The average molecular weight is 344 g/mol. The maximum atomic E-state index is 12.3. The molecule has 0 saturated carbocycles. The van der Waals surface area contributed by atoms with E-state index in [2.05, 4.69) is 15.5 Å². The number of benzene rings is 1. The lowest BCUT2D eigenvalue weighted by Gasteiger charge is -2.32. The van der Waals surface area contributed by atoms with Crippen LogP contribution in [-0.2, 0) is 4.74 Å². The Balaban J connectivity index is 1.56. The first-order chi connectivity index (χ1) is 12.1. The third kappa shape index (κ3) is 3.96. The first-order valence-corrected chi connectivity index (χ1v) is 8.11. The Morgan fingerprint density at radius 2 is 2.08 bits per heavy atom. The molecule has 1 aliphatic heterocycles. The van der Waals surface area contributed by atoms with Gasteiger partial charge in [-0.3, -0.25) is 4.79 Å². The molecule has 1 amide bonds. The lowest BCUT2D eigenvalue weighted by molar-refractivity contribution is 0.0600. The van der Waals surface area contributed by atoms with Crippen LogP contribution in [0.3, 0.4) is 0 Å². The van der Waals surface area contributed by atoms with Crippen LogP contribution in [0, 0.1) is 6.92 Å². The van der Waals surface area contributed by atoms with E-state index in [-0.39, 0.29) is 23.7 Å². The van der Waals surface area contributed by atoms with Crippen LogP contribution in [0.1, 0.15) is 39.7 Å². The first kappa shape index (κ1) is 16.9. The van der Waals surface area contributed by atoms with Gasteiger partial charge >= 0.3 is 5.97 Å². The van der Waals surface area contributed by atoms with Gasteiger partial charge in [0.05, 0.1) is 12.7 Å². The third-order valence-corrected chi connectivity index (χ3v) is 4.16. The molecule has 0 radical (unpaired) electrons. The van der Waals surface area contributed by atoms with Crippen molar-refractivity contribution in [2.75, 3.05) is 25.5 Å². The highest BCUT2D eigenvalue weighted by molar-refractivity contribution is 5.91. The van der Waals surface area contributed by atoms with Crippen molar-refractivity contribution in [3.05, 3.63) is 41.5 Å². The second-order valence-electron chi connectivity index (χ2n) is 5.92. The molecule has 1 fully saturated rings. The first-order valence-electron chi connectivity index (χ1n) is 8.11. The van der Waals surface area contributed by atoms with Crippen LogP contribution >= 0.6 is 0 Å². The van der Waals surface area contributed by atoms with Crippen molar-refractivity contribution in [2.45, 2.75) is 25.8 Å². The largest absolute Gasteiger partial charge is 0.465 e. The monoisotopic (exact) mass is 344 g/mol. The summed E-state index contributed by atoms with van der Waals surface area (Å²) < 4.78 is 9.59. The van der Waals surface area contributed by atoms with Gasteiger partial charge in [0.25, 0.3) is 11.7 Å². The van der Waals surface area contributed by atoms with Crippen molar-refractivity contribution in [1.82, 2.24) is 15.0 Å². The molecule has 1 N–H and O–H groups in total. The van der Waals surface area contributed by atoms with Crippen molar-refractivity contribution < 1.29 is 18.8 Å². The summed E-state index contributed by atoms with van der Waals surface area (Å²) in [6, 6.07) is 7.43. The van der Waals surface area contributed by atoms with E-state index in [1.165, 1.54) is 7.11 Å². The molecule has 3 rings (SSSR count). The van der Waals surface area contributed by atoms with Crippen LogP contribution in [0.4, 0.5) is 5.69 Å². The van der Waals surface area contributed by atoms with E-state index in [0.29, 0.717) is 24.5 Å². The Kier molecular flexibility index (Phi) is 4.97. The molecule has 0 unspecified atom stereocenters. The zero-order valence-corrected chi connectivity index (χ0v) is 14.2. The smallest absolute Gasteiger partial charge is 0.337 e. The van der Waals surface area contributed by atoms with Gasteiger partial charge in [-0.05, 0) is 31.0 Å². The van der Waals surface area contributed by atoms with E-state index in [0.717, 1.165) is 18.5 Å². The molecule has 25 heavy (non-hydrogen) atoms. The van der Waals surface area contributed by atoms with E-state index in [1.807, 2.05) is 12.1 Å². The lowest BCUT2D eigenvalue weighted by atomic mass is 10.0. The number of ether oxygens (including phenoxy) is 1. The number of aryl methyl sites for hydroxylation is 1. The zero-order chi connectivity index (χ0) is 17.8. The number of piperidine rings is 1. The van der Waals surface area contributed by atoms with Crippen molar-refractivity contribution in [3.8, 4) is 0 Å². The fraction of sp³-hybridized carbons (Fsp3) is 0.412. The minimum absolute atomic E-state index is 0.106. The fourth-order valence-electron chi connectivity index (χ4n) is 2.84. The number of likely N-dealkylation sites (tertiary alicyclic amines) is 1. The highest BCUT2D eigenvalue weighted by Gasteiger charge is 2.26. The molecule has 1 aromatic heterocycles. The van der Waals surface area contributed by atoms with Gasteiger partial charge in [0.1, 0.15) is 0 Å². The van der Waals surface area contributed by atoms with Crippen LogP contribution in [-0.4, -0.2) is 53.2 Å². The normalized spacial score (nSPS) is 15.0. The molecule has 1 saturated heterocycles. The molecule has 132 valence electrons. The van der Waals surface area contributed by atoms with Crippen LogP contribution < -0.4 is 5.32 Å². The Labute approximate surface area is 145 Å². The highest BCUT2D eigenvalue weighted by atomic mass is 16.5. The van der Waals surface area contributed by atoms with Gasteiger partial charge in [-0.2, -0.15) is 4.98 Å². The number of nitrogens with one attached hydrogen (secondary N) is 1. The van der Waals surface area contributed by atoms with Crippen LogP contribution in [0.5, 0.6) is 0 Å². The minimum atomic E-state index is -0.362. The molecule has 8 nitrogen and oxygen atoms in total. The second-order valence-corrected chi connectivity index (χ2v) is 5.92. The molecule has 0 spiro atoms. The maximum Gasteiger partial charge on any atom is 0.337 e. The third-order valence-electron chi connectivity index (χ3n) is 4.16. The van der Waals surface area contributed by atoms with Gasteiger partial charge in [-0.1, -0.05) is 11.2 Å². The molecule has 1 aliphatic rings. The van der Waals surface area contributed by atoms with E-state index >= 15 is 0 Å². The Bertz CT molecular complexity index is 766. The number of carbonyl (C=O) groups is 2. The summed E-state index contributed by atoms with van der Waals surface area (Å²) in [5.41, 5.74) is 1.37. The molecular weight excluding hydrogens is 324 g/mol. The standard InChI is InChI=1S/C17H20N4O4/c1-11-18-15(20-25-11)16(22)21-8-6-13(7-9-21)19-14-5-3-4-12(10-14)17(23)24-2/h3-5,10,13,19H,6-9H2,1-2H3. The minimum Gasteiger partial charge on any atom is -0.465 e. The number of esters is 1. The molecule has 2 heterocycles. The summed E-state index contributed by atoms with van der Waals surface area (Å²) in [6.45, 7) is 2.88. The van der Waals surface area contributed by atoms with Gasteiger partial charge in [-0.25, -0.2) is 4.79 Å². The van der Waals surface area contributed by atoms with Crippen LogP contribution in [0.25, 0.3) is 0 Å². The van der Waals surface area contributed by atoms with Gasteiger partial charge < -0.3 is 19.5 Å². The van der Waals surface area contributed by atoms with Crippen LogP contribution in [0.2, 0.25) is 0 Å². The number of amides is 1. The predicted octanol–water partition coefficient (Wildman–Crippen LogP) is 1.88. The molecule has 2 aromatic rings. The van der Waals surface area contributed by atoms with E-state index < -0.39 is 0 Å². The summed E-state index contributed by atoms with van der Waals surface area (Å²) in [5.74, 6) is -0.0810. The van der Waals surface area contributed by atoms with Crippen molar-refractivity contribution in [2.24, 2.45) is 0 Å². The second kappa shape index (κ2) is 7.33. The van der Waals surface area contributed by atoms with Crippen molar-refractivity contribution in [1.29, 1.82) is 0 Å². The molecule has 0 atom stereocenters. The zero-order valence-electron chi connectivity index (χ0n) is 14.2. The number of carbonyl (C=O) groups excluding carboxylic acids is 2. The number of hydrogen-bond donors (Lipinski definition) is 1. The van der Waals surface area contributed by atoms with Crippen molar-refractivity contribution >= 4 is 17.6 Å². The van der Waals surface area contributed by atoms with Gasteiger partial charge in [0.15, 0.2) is 0 Å². The van der Waals surface area contributed by atoms with Gasteiger partial charge in [0.2, 0.25) is 5.89 Å². The van der Waals surface area contributed by atoms with Crippen LogP contribution in [0.15, 0.2) is 28.8 Å². The van der Waals surface area contributed by atoms with E-state index in [4.69, 9.17) is 9.26 Å². The van der Waals surface area contributed by atoms with Gasteiger partial charge in [0, 0.05) is 31.7 Å². The summed E-state index contributed by atoms with van der Waals surface area (Å²) in [4.78, 5) is 29.6. The summed E-state index contributed by atoms with van der Waals surface area (Å²) in [7, 11) is 1.36. The number of nitrogens with zero attached hydrogens (tertiary/aromatic N) is 3. The Hall–Kier alpha value is -2.90. The maximum absolute atomic E-state index is 12.3. The average Bonchev–Trinajstić information content (AvgIpc) is 3.07. The lowest BCUT2D eigenvalue weighted by Crippen LogP contribution is -2.42. The molecule has 0 aliphatic carbocycles. The number of hydrogen-bond acceptors (Lipinski definition) is 7. The highest BCUT2D eigenvalue weighted by Crippen LogP contribution is 2.19. The summed E-state index contributed by atoms with van der Waals surface area (Å²) in [5, 5.41) is 7.08. The molecule has 8 heteroatoms. The predicted molar refractivity (Wildman–Crippen MR) is 89.4 cm³/mol. The van der Waals surface area contributed by atoms with Crippen molar-refractivity contribution in [3.63, 3.8) is 0 Å². The van der Waals surface area contributed by atoms with Gasteiger partial charge in [-0.15, -0.1) is 0 Å². The van der Waals surface area contributed by atoms with E-state index in [9.17, 15) is 9.59 Å². The number of methoxy groups -OCH3 is 1. The Morgan fingerprint density at radius 3 is 2.72 bits per heavy atom. The number of rotatable bonds is 4. The molecule has 0 bridgehead atoms. The van der Waals surface area contributed by atoms with E-state index in [1.54, 1.807) is 24.0 Å². The molecular formula is C17H20N4O4. The number of anilines is 1. The number of aromatic nitrogens is 2.